The molecule has 0 radical (unpaired) electrons. The highest BCUT2D eigenvalue weighted by molar-refractivity contribution is 5.69. The molecule has 0 aromatic heterocycles. The molecule has 0 aliphatic carbocycles. The van der Waals surface area contributed by atoms with Crippen LogP contribution in [0.3, 0.4) is 0 Å². The molecule has 4 heteroatoms. The second-order valence-electron chi connectivity index (χ2n) is 4.41. The van der Waals surface area contributed by atoms with Gasteiger partial charge in [0.25, 0.3) is 6.47 Å². The molecule has 0 N–H and O–H groups in total. The molecular weight excluding hydrogens is 232 g/mol. The molecule has 0 amide bonds. The van der Waals surface area contributed by atoms with Gasteiger partial charge in [-0.25, -0.2) is 0 Å². The van der Waals surface area contributed by atoms with E-state index in [-0.39, 0.29) is 19.2 Å². The molecule has 106 valence electrons. The van der Waals surface area contributed by atoms with E-state index >= 15 is 0 Å². The summed E-state index contributed by atoms with van der Waals surface area (Å²) in [4.78, 5) is 21.0. The number of unbranched alkanes of at least 4 members (excludes halogenated alkanes) is 7. The van der Waals surface area contributed by atoms with Crippen molar-refractivity contribution in [3.63, 3.8) is 0 Å². The third-order valence-corrected chi connectivity index (χ3v) is 2.77. The van der Waals surface area contributed by atoms with Gasteiger partial charge in [-0.1, -0.05) is 51.9 Å². The molecule has 0 aliphatic rings. The van der Waals surface area contributed by atoms with Gasteiger partial charge < -0.3 is 9.47 Å². The Balaban J connectivity index is 3.12. The Morgan fingerprint density at radius 2 is 1.56 bits per heavy atom. The lowest BCUT2D eigenvalue weighted by molar-refractivity contribution is -0.147. The lowest BCUT2D eigenvalue weighted by atomic mass is 10.1. The molecular formula is C14H26O4. The van der Waals surface area contributed by atoms with Crippen molar-refractivity contribution in [2.45, 2.75) is 64.7 Å². The van der Waals surface area contributed by atoms with Crippen LogP contribution in [0, 0.1) is 0 Å². The summed E-state index contributed by atoms with van der Waals surface area (Å²) in [6.45, 7) is 2.87. The van der Waals surface area contributed by atoms with Crippen LogP contribution >= 0.6 is 0 Å². The molecule has 0 fully saturated rings. The topological polar surface area (TPSA) is 52.6 Å². The molecule has 0 saturated heterocycles. The minimum absolute atomic E-state index is 0.146. The average molecular weight is 258 g/mol. The van der Waals surface area contributed by atoms with Gasteiger partial charge in [0.05, 0.1) is 0 Å². The van der Waals surface area contributed by atoms with Crippen molar-refractivity contribution in [1.29, 1.82) is 0 Å². The fourth-order valence-electron chi connectivity index (χ4n) is 1.73. The van der Waals surface area contributed by atoms with Crippen LogP contribution in [-0.2, 0) is 19.1 Å². The Morgan fingerprint density at radius 1 is 0.944 bits per heavy atom. The highest BCUT2D eigenvalue weighted by Crippen LogP contribution is 2.09. The van der Waals surface area contributed by atoms with Crippen LogP contribution in [0.2, 0.25) is 0 Å². The predicted molar refractivity (Wildman–Crippen MR) is 70.2 cm³/mol. The van der Waals surface area contributed by atoms with Crippen molar-refractivity contribution in [1.82, 2.24) is 0 Å². The van der Waals surface area contributed by atoms with Crippen molar-refractivity contribution in [2.24, 2.45) is 0 Å². The second-order valence-corrected chi connectivity index (χ2v) is 4.41. The largest absolute Gasteiger partial charge is 0.464 e. The zero-order chi connectivity index (χ0) is 13.5. The van der Waals surface area contributed by atoms with Crippen molar-refractivity contribution < 1.29 is 19.1 Å². The second kappa shape index (κ2) is 14.0. The number of carbonyl (C=O) groups is 2. The predicted octanol–water partition coefficient (Wildman–Crippen LogP) is 3.23. The first-order valence-electron chi connectivity index (χ1n) is 7.02. The summed E-state index contributed by atoms with van der Waals surface area (Å²) in [5, 5.41) is 0. The van der Waals surface area contributed by atoms with E-state index in [0.717, 1.165) is 12.8 Å². The van der Waals surface area contributed by atoms with E-state index in [1.807, 2.05) is 0 Å². The number of carbonyl (C=O) groups excluding carboxylic acids is 2. The number of hydrogen-bond donors (Lipinski definition) is 0. The quantitative estimate of drug-likeness (QED) is 0.289. The lowest BCUT2D eigenvalue weighted by Gasteiger charge is -2.04. The normalized spacial score (nSPS) is 10.1. The molecule has 18 heavy (non-hydrogen) atoms. The van der Waals surface area contributed by atoms with Crippen LogP contribution in [0.4, 0.5) is 0 Å². The summed E-state index contributed by atoms with van der Waals surface area (Å²) < 4.78 is 9.30. The summed E-state index contributed by atoms with van der Waals surface area (Å²) in [6.07, 6.45) is 10.2. The molecule has 0 unspecified atom stereocenters. The van der Waals surface area contributed by atoms with Crippen LogP contribution in [0.1, 0.15) is 64.7 Å². The fourth-order valence-corrected chi connectivity index (χ4v) is 1.73. The SMILES string of the molecule is CCCCCCCCCCC(=O)OCCOC=O. The van der Waals surface area contributed by atoms with E-state index in [9.17, 15) is 9.59 Å². The number of hydrogen-bond acceptors (Lipinski definition) is 4. The van der Waals surface area contributed by atoms with Gasteiger partial charge in [0.2, 0.25) is 0 Å². The summed E-state index contributed by atoms with van der Waals surface area (Å²) in [5.41, 5.74) is 0. The Labute approximate surface area is 110 Å². The molecule has 0 saturated carbocycles. The van der Waals surface area contributed by atoms with Gasteiger partial charge in [-0.15, -0.1) is 0 Å². The van der Waals surface area contributed by atoms with Gasteiger partial charge in [0, 0.05) is 6.42 Å². The standard InChI is InChI=1S/C14H26O4/c1-2-3-4-5-6-7-8-9-10-14(16)18-12-11-17-13-15/h13H,2-12H2,1H3. The summed E-state index contributed by atoms with van der Waals surface area (Å²) >= 11 is 0. The Kier molecular flexibility index (Phi) is 13.2. The molecule has 0 rings (SSSR count). The highest BCUT2D eigenvalue weighted by atomic mass is 16.6. The zero-order valence-electron chi connectivity index (χ0n) is 11.5. The third-order valence-electron chi connectivity index (χ3n) is 2.77. The van der Waals surface area contributed by atoms with E-state index in [1.165, 1.54) is 38.5 Å². The highest BCUT2D eigenvalue weighted by Gasteiger charge is 2.02. The van der Waals surface area contributed by atoms with Gasteiger partial charge in [0.1, 0.15) is 13.2 Å². The summed E-state index contributed by atoms with van der Waals surface area (Å²) in [7, 11) is 0. The fraction of sp³-hybridized carbons (Fsp3) is 0.857. The van der Waals surface area contributed by atoms with Crippen molar-refractivity contribution in [2.75, 3.05) is 13.2 Å². The Morgan fingerprint density at radius 3 is 2.17 bits per heavy atom. The van der Waals surface area contributed by atoms with Crippen LogP contribution in [0.25, 0.3) is 0 Å². The molecule has 0 aromatic carbocycles. The molecule has 0 spiro atoms. The van der Waals surface area contributed by atoms with Gasteiger partial charge >= 0.3 is 5.97 Å². The average Bonchev–Trinajstić information content (AvgIpc) is 2.38. The van der Waals surface area contributed by atoms with Gasteiger partial charge in [-0.05, 0) is 6.42 Å². The Hall–Kier alpha value is -1.06. The number of rotatable bonds is 13. The molecule has 0 bridgehead atoms. The number of ether oxygens (including phenoxy) is 2. The molecule has 0 heterocycles. The van der Waals surface area contributed by atoms with Crippen molar-refractivity contribution in [3.8, 4) is 0 Å². The lowest BCUT2D eigenvalue weighted by Crippen LogP contribution is -2.09. The maximum Gasteiger partial charge on any atom is 0.305 e. The van der Waals surface area contributed by atoms with Crippen LogP contribution in [0.15, 0.2) is 0 Å². The maximum atomic E-state index is 11.2. The van der Waals surface area contributed by atoms with E-state index in [1.54, 1.807) is 0 Å². The Bertz CT molecular complexity index is 204. The summed E-state index contributed by atoms with van der Waals surface area (Å²) in [5.74, 6) is -0.199. The molecule has 0 atom stereocenters. The maximum absolute atomic E-state index is 11.2. The first kappa shape index (κ1) is 16.9. The first-order chi connectivity index (χ1) is 8.81. The minimum Gasteiger partial charge on any atom is -0.464 e. The molecule has 0 aliphatic heterocycles. The minimum atomic E-state index is -0.199. The van der Waals surface area contributed by atoms with Crippen LogP contribution < -0.4 is 0 Å². The van der Waals surface area contributed by atoms with E-state index < -0.39 is 0 Å². The molecule has 0 aromatic rings. The zero-order valence-corrected chi connectivity index (χ0v) is 11.5. The van der Waals surface area contributed by atoms with Crippen LogP contribution in [0.5, 0.6) is 0 Å². The summed E-state index contributed by atoms with van der Waals surface area (Å²) in [6, 6.07) is 0. The monoisotopic (exact) mass is 258 g/mol. The van der Waals surface area contributed by atoms with Crippen LogP contribution in [-0.4, -0.2) is 25.7 Å². The van der Waals surface area contributed by atoms with Gasteiger partial charge in [-0.2, -0.15) is 0 Å². The van der Waals surface area contributed by atoms with E-state index in [2.05, 4.69) is 11.7 Å². The first-order valence-corrected chi connectivity index (χ1v) is 7.02. The number of esters is 1. The van der Waals surface area contributed by atoms with E-state index in [0.29, 0.717) is 12.9 Å². The van der Waals surface area contributed by atoms with Crippen molar-refractivity contribution >= 4 is 12.4 Å². The van der Waals surface area contributed by atoms with Gasteiger partial charge in [-0.3, -0.25) is 9.59 Å². The third kappa shape index (κ3) is 13.0. The smallest absolute Gasteiger partial charge is 0.305 e. The van der Waals surface area contributed by atoms with Gasteiger partial charge in [0.15, 0.2) is 0 Å². The van der Waals surface area contributed by atoms with E-state index in [4.69, 9.17) is 4.74 Å². The molecule has 4 nitrogen and oxygen atoms in total. The van der Waals surface area contributed by atoms with Crippen molar-refractivity contribution in [3.05, 3.63) is 0 Å².